The Labute approximate surface area is 158 Å². The van der Waals surface area contributed by atoms with Crippen molar-refractivity contribution in [2.24, 2.45) is 14.1 Å². The predicted octanol–water partition coefficient (Wildman–Crippen LogP) is 2.05. The van der Waals surface area contributed by atoms with E-state index < -0.39 is 23.1 Å². The third-order valence-corrected chi connectivity index (χ3v) is 4.36. The molecule has 0 atom stereocenters. The average Bonchev–Trinajstić information content (AvgIpc) is 2.97. The van der Waals surface area contributed by atoms with Crippen molar-refractivity contribution in [3.8, 4) is 17.1 Å². The van der Waals surface area contributed by atoms with E-state index in [9.17, 15) is 22.8 Å². The molecule has 0 N–H and O–H groups in total. The van der Waals surface area contributed by atoms with Gasteiger partial charge in [0.15, 0.2) is 5.82 Å². The molecule has 27 heavy (non-hydrogen) atoms. The van der Waals surface area contributed by atoms with Crippen molar-refractivity contribution in [1.29, 1.82) is 0 Å². The van der Waals surface area contributed by atoms with E-state index in [-0.39, 0.29) is 27.1 Å². The van der Waals surface area contributed by atoms with Crippen LogP contribution in [-0.2, 0) is 20.3 Å². The quantitative estimate of drug-likeness (QED) is 0.632. The summed E-state index contributed by atoms with van der Waals surface area (Å²) >= 11 is 12.2. The lowest BCUT2D eigenvalue weighted by Gasteiger charge is -2.15. The highest BCUT2D eigenvalue weighted by atomic mass is 35.5. The van der Waals surface area contributed by atoms with E-state index >= 15 is 0 Å². The summed E-state index contributed by atoms with van der Waals surface area (Å²) in [5.41, 5.74) is -3.72. The van der Waals surface area contributed by atoms with E-state index in [1.807, 2.05) is 0 Å². The molecule has 0 saturated heterocycles. The molecule has 0 radical (unpaired) electrons. The predicted molar refractivity (Wildman–Crippen MR) is 90.1 cm³/mol. The molecular formula is C14H9Cl2F3N6O2. The summed E-state index contributed by atoms with van der Waals surface area (Å²) in [5, 5.41) is 10.9. The lowest BCUT2D eigenvalue weighted by Crippen LogP contribution is -2.40. The van der Waals surface area contributed by atoms with Gasteiger partial charge in [0.2, 0.25) is 0 Å². The number of nitrogens with zero attached hydrogens (tertiary/aromatic N) is 6. The average molecular weight is 421 g/mol. The van der Waals surface area contributed by atoms with Crippen LogP contribution in [0.4, 0.5) is 13.2 Å². The third-order valence-electron chi connectivity index (χ3n) is 3.75. The second kappa shape index (κ2) is 6.50. The van der Waals surface area contributed by atoms with Crippen LogP contribution >= 0.6 is 23.2 Å². The Bertz CT molecular complexity index is 1170. The maximum atomic E-state index is 13.0. The summed E-state index contributed by atoms with van der Waals surface area (Å²) in [5.74, 6) is 0.203. The molecule has 2 heterocycles. The highest BCUT2D eigenvalue weighted by Gasteiger charge is 2.35. The Morgan fingerprint density at radius 1 is 1.04 bits per heavy atom. The molecule has 0 amide bonds. The normalized spacial score (nSPS) is 11.8. The maximum absolute atomic E-state index is 13.0. The number of hydrogen-bond acceptors (Lipinski definition) is 5. The van der Waals surface area contributed by atoms with Gasteiger partial charge in [0.1, 0.15) is 5.69 Å². The van der Waals surface area contributed by atoms with Gasteiger partial charge in [-0.1, -0.05) is 23.2 Å². The molecule has 3 aromatic rings. The monoisotopic (exact) mass is 420 g/mol. The third kappa shape index (κ3) is 3.23. The van der Waals surface area contributed by atoms with Crippen molar-refractivity contribution >= 4 is 23.2 Å². The fraction of sp³-hybridized carbons (Fsp3) is 0.214. The first-order valence-corrected chi connectivity index (χ1v) is 7.90. The second-order valence-corrected chi connectivity index (χ2v) is 6.27. The zero-order valence-corrected chi connectivity index (χ0v) is 15.1. The summed E-state index contributed by atoms with van der Waals surface area (Å²) in [4.78, 5) is 24.7. The van der Waals surface area contributed by atoms with Gasteiger partial charge in [-0.05, 0) is 22.6 Å². The largest absolute Gasteiger partial charge is 0.431 e. The van der Waals surface area contributed by atoms with Gasteiger partial charge >= 0.3 is 11.9 Å². The first-order valence-electron chi connectivity index (χ1n) is 7.14. The Hall–Kier alpha value is -2.66. The molecule has 0 saturated carbocycles. The fourth-order valence-corrected chi connectivity index (χ4v) is 3.01. The molecule has 0 fully saturated rings. The van der Waals surface area contributed by atoms with Crippen molar-refractivity contribution in [2.45, 2.75) is 6.18 Å². The van der Waals surface area contributed by atoms with Crippen molar-refractivity contribution in [1.82, 2.24) is 29.3 Å². The van der Waals surface area contributed by atoms with Crippen LogP contribution in [0.25, 0.3) is 17.1 Å². The van der Waals surface area contributed by atoms with E-state index in [1.165, 1.54) is 23.9 Å². The van der Waals surface area contributed by atoms with Gasteiger partial charge in [-0.25, -0.2) is 14.0 Å². The van der Waals surface area contributed by atoms with Crippen LogP contribution in [0.2, 0.25) is 10.0 Å². The van der Waals surface area contributed by atoms with Crippen molar-refractivity contribution in [3.05, 3.63) is 54.8 Å². The number of aryl methyl sites for hydroxylation is 1. The van der Waals surface area contributed by atoms with Gasteiger partial charge in [0.25, 0.3) is 5.56 Å². The van der Waals surface area contributed by atoms with E-state index in [1.54, 1.807) is 0 Å². The van der Waals surface area contributed by atoms with Gasteiger partial charge < -0.3 is 0 Å². The maximum Gasteiger partial charge on any atom is 0.431 e. The number of halogens is 5. The van der Waals surface area contributed by atoms with E-state index in [2.05, 4.69) is 15.5 Å². The zero-order chi connectivity index (χ0) is 20.1. The smallest absolute Gasteiger partial charge is 0.292 e. The number of benzene rings is 1. The minimum Gasteiger partial charge on any atom is -0.292 e. The van der Waals surface area contributed by atoms with Crippen molar-refractivity contribution in [2.75, 3.05) is 0 Å². The molecule has 13 heteroatoms. The summed E-state index contributed by atoms with van der Waals surface area (Å²) in [6, 6.07) is 2.81. The lowest BCUT2D eigenvalue weighted by molar-refractivity contribution is -0.144. The first-order chi connectivity index (χ1) is 12.5. The minimum absolute atomic E-state index is 0.113. The highest BCUT2D eigenvalue weighted by Crippen LogP contribution is 2.33. The van der Waals surface area contributed by atoms with Crippen LogP contribution in [-0.4, -0.2) is 29.3 Å². The number of rotatable bonds is 2. The first kappa shape index (κ1) is 19.1. The molecule has 0 spiro atoms. The van der Waals surface area contributed by atoms with Gasteiger partial charge in [-0.15, -0.1) is 5.10 Å². The highest BCUT2D eigenvalue weighted by molar-refractivity contribution is 6.37. The fourth-order valence-electron chi connectivity index (χ4n) is 2.46. The lowest BCUT2D eigenvalue weighted by atomic mass is 10.1. The number of alkyl halides is 3. The van der Waals surface area contributed by atoms with E-state index in [0.717, 1.165) is 7.05 Å². The van der Waals surface area contributed by atoms with Crippen molar-refractivity contribution < 1.29 is 13.2 Å². The van der Waals surface area contributed by atoms with Gasteiger partial charge in [0.05, 0.1) is 15.7 Å². The number of aromatic nitrogens is 6. The summed E-state index contributed by atoms with van der Waals surface area (Å²) in [6.07, 6.45) is -4.87. The van der Waals surface area contributed by atoms with Crippen LogP contribution in [0.15, 0.2) is 27.8 Å². The SMILES string of the molecule is Cn1nnnc1-c1cc(-n2c(=O)cc(C(F)(F)F)n(C)c2=O)c(Cl)cc1Cl. The van der Waals surface area contributed by atoms with E-state index in [0.29, 0.717) is 15.2 Å². The van der Waals surface area contributed by atoms with Crippen LogP contribution in [0.3, 0.4) is 0 Å². The molecule has 8 nitrogen and oxygen atoms in total. The molecular weight excluding hydrogens is 412 g/mol. The van der Waals surface area contributed by atoms with Crippen LogP contribution in [0, 0.1) is 0 Å². The Kier molecular flexibility index (Phi) is 4.60. The van der Waals surface area contributed by atoms with Gasteiger partial charge in [0, 0.05) is 25.7 Å². The molecule has 0 aliphatic rings. The topological polar surface area (TPSA) is 87.6 Å². The Morgan fingerprint density at radius 2 is 1.70 bits per heavy atom. The number of tetrazole rings is 1. The Balaban J connectivity index is 2.33. The standard InChI is InChI=1S/C14H9Cl2F3N6O2/c1-23-10(14(17,18)19)5-11(26)25(13(23)27)9-3-6(7(15)4-8(9)16)12-20-21-22-24(12)2/h3-5H,1-2H3. The molecule has 0 aliphatic heterocycles. The molecule has 0 aliphatic carbocycles. The van der Waals surface area contributed by atoms with Crippen molar-refractivity contribution in [3.63, 3.8) is 0 Å². The van der Waals surface area contributed by atoms with Crippen LogP contribution < -0.4 is 11.2 Å². The summed E-state index contributed by atoms with van der Waals surface area (Å²) in [7, 11) is 2.43. The molecule has 0 bridgehead atoms. The van der Waals surface area contributed by atoms with E-state index in [4.69, 9.17) is 23.2 Å². The second-order valence-electron chi connectivity index (χ2n) is 5.45. The molecule has 3 rings (SSSR count). The van der Waals surface area contributed by atoms with Gasteiger partial charge in [-0.3, -0.25) is 9.36 Å². The summed E-state index contributed by atoms with van der Waals surface area (Å²) in [6.45, 7) is 0. The molecule has 2 aromatic heterocycles. The molecule has 0 unspecified atom stereocenters. The minimum atomic E-state index is -4.87. The number of hydrogen-bond donors (Lipinski definition) is 0. The summed E-state index contributed by atoms with van der Waals surface area (Å²) < 4.78 is 41.1. The van der Waals surface area contributed by atoms with Gasteiger partial charge in [-0.2, -0.15) is 13.2 Å². The van der Waals surface area contributed by atoms with Crippen LogP contribution in [0.1, 0.15) is 5.69 Å². The Morgan fingerprint density at radius 3 is 2.26 bits per heavy atom. The molecule has 142 valence electrons. The molecule has 1 aromatic carbocycles. The van der Waals surface area contributed by atoms with Crippen LogP contribution in [0.5, 0.6) is 0 Å². The zero-order valence-electron chi connectivity index (χ0n) is 13.6.